The van der Waals surface area contributed by atoms with Crippen LogP contribution in [0.25, 0.3) is 32.0 Å². The molecule has 0 amide bonds. The van der Waals surface area contributed by atoms with Crippen molar-refractivity contribution >= 4 is 32.9 Å². The van der Waals surface area contributed by atoms with Crippen LogP contribution in [0.2, 0.25) is 0 Å². The van der Waals surface area contributed by atoms with Crippen molar-refractivity contribution in [3.63, 3.8) is 0 Å². The average Bonchev–Trinajstić information content (AvgIpc) is 3.12. The summed E-state index contributed by atoms with van der Waals surface area (Å²) in [6.07, 6.45) is 6.56. The number of fused-ring (bicyclic) bond motifs is 2. The summed E-state index contributed by atoms with van der Waals surface area (Å²) in [5.41, 5.74) is 1.34. The zero-order chi connectivity index (χ0) is 17.1. The Labute approximate surface area is 154 Å². The van der Waals surface area contributed by atoms with Gasteiger partial charge in [0.15, 0.2) is 0 Å². The molecule has 126 valence electrons. The Hall–Kier alpha value is -2.12. The predicted molar refractivity (Wildman–Crippen MR) is 113 cm³/mol. The minimum absolute atomic E-state index is 1.23. The molecule has 0 saturated heterocycles. The molecule has 0 atom stereocenters. The SMILES string of the molecule is CCCCCCc1ccc(-c2ccc3cc4ccccc4cc3c2)s1. The minimum Gasteiger partial charge on any atom is -0.140 e. The molecular formula is C24H24S. The average molecular weight is 345 g/mol. The van der Waals surface area contributed by atoms with E-state index in [1.54, 1.807) is 0 Å². The second kappa shape index (κ2) is 7.41. The molecule has 0 spiro atoms. The highest BCUT2D eigenvalue weighted by Crippen LogP contribution is 2.32. The molecule has 0 unspecified atom stereocenters. The Morgan fingerprint density at radius 2 is 1.44 bits per heavy atom. The Bertz CT molecular complexity index is 993. The third-order valence-corrected chi connectivity index (χ3v) is 6.12. The normalized spacial score (nSPS) is 11.4. The fourth-order valence-corrected chi connectivity index (χ4v) is 4.53. The zero-order valence-electron chi connectivity index (χ0n) is 14.8. The van der Waals surface area contributed by atoms with E-state index in [0.29, 0.717) is 0 Å². The highest BCUT2D eigenvalue weighted by molar-refractivity contribution is 7.15. The standard InChI is InChI=1S/C24H24S/c1-2-3-4-5-10-23-13-14-24(25-23)21-12-11-20-15-18-8-6-7-9-19(18)16-22(20)17-21/h6-9,11-17H,2-5,10H2,1H3. The summed E-state index contributed by atoms with van der Waals surface area (Å²) in [7, 11) is 0. The quantitative estimate of drug-likeness (QED) is 0.247. The Balaban J connectivity index is 1.61. The molecule has 25 heavy (non-hydrogen) atoms. The van der Waals surface area contributed by atoms with Gasteiger partial charge >= 0.3 is 0 Å². The molecule has 1 aromatic heterocycles. The molecule has 1 heterocycles. The molecule has 0 bridgehead atoms. The van der Waals surface area contributed by atoms with Crippen molar-refractivity contribution < 1.29 is 0 Å². The van der Waals surface area contributed by atoms with E-state index in [1.807, 2.05) is 11.3 Å². The van der Waals surface area contributed by atoms with Gasteiger partial charge in [0.1, 0.15) is 0 Å². The van der Waals surface area contributed by atoms with E-state index in [2.05, 4.69) is 73.7 Å². The summed E-state index contributed by atoms with van der Waals surface area (Å²) in [4.78, 5) is 2.91. The van der Waals surface area contributed by atoms with Gasteiger partial charge in [0, 0.05) is 9.75 Å². The largest absolute Gasteiger partial charge is 0.140 e. The fraction of sp³-hybridized carbons (Fsp3) is 0.250. The maximum atomic E-state index is 2.34. The molecule has 3 aromatic carbocycles. The van der Waals surface area contributed by atoms with Crippen molar-refractivity contribution in [2.24, 2.45) is 0 Å². The first kappa shape index (κ1) is 16.4. The lowest BCUT2D eigenvalue weighted by molar-refractivity contribution is 0.670. The van der Waals surface area contributed by atoms with Crippen molar-refractivity contribution in [2.75, 3.05) is 0 Å². The van der Waals surface area contributed by atoms with Crippen molar-refractivity contribution in [1.82, 2.24) is 0 Å². The molecule has 4 rings (SSSR count). The van der Waals surface area contributed by atoms with Gasteiger partial charge in [-0.05, 0) is 70.3 Å². The highest BCUT2D eigenvalue weighted by atomic mass is 32.1. The lowest BCUT2D eigenvalue weighted by atomic mass is 10.0. The van der Waals surface area contributed by atoms with Gasteiger partial charge in [-0.15, -0.1) is 11.3 Å². The summed E-state index contributed by atoms with van der Waals surface area (Å²) < 4.78 is 0. The Kier molecular flexibility index (Phi) is 4.85. The van der Waals surface area contributed by atoms with Gasteiger partial charge in [0.2, 0.25) is 0 Å². The van der Waals surface area contributed by atoms with E-state index in [9.17, 15) is 0 Å². The molecule has 4 aromatic rings. The van der Waals surface area contributed by atoms with Crippen LogP contribution in [-0.4, -0.2) is 0 Å². The van der Waals surface area contributed by atoms with Crippen LogP contribution in [0.3, 0.4) is 0 Å². The van der Waals surface area contributed by atoms with E-state index in [4.69, 9.17) is 0 Å². The van der Waals surface area contributed by atoms with E-state index in [0.717, 1.165) is 0 Å². The van der Waals surface area contributed by atoms with E-state index in [1.165, 1.54) is 69.0 Å². The van der Waals surface area contributed by atoms with Gasteiger partial charge in [0.05, 0.1) is 0 Å². The van der Waals surface area contributed by atoms with Crippen LogP contribution >= 0.6 is 11.3 Å². The first-order chi connectivity index (χ1) is 12.3. The number of hydrogen-bond acceptors (Lipinski definition) is 1. The summed E-state index contributed by atoms with van der Waals surface area (Å²) in [6, 6.07) is 24.7. The first-order valence-corrected chi connectivity index (χ1v) is 10.2. The van der Waals surface area contributed by atoms with Crippen LogP contribution in [0.1, 0.15) is 37.5 Å². The van der Waals surface area contributed by atoms with Crippen LogP contribution in [-0.2, 0) is 6.42 Å². The molecule has 0 aliphatic heterocycles. The summed E-state index contributed by atoms with van der Waals surface area (Å²) in [5, 5.41) is 5.27. The van der Waals surface area contributed by atoms with Crippen LogP contribution in [0.4, 0.5) is 0 Å². The van der Waals surface area contributed by atoms with Gasteiger partial charge in [-0.1, -0.05) is 62.6 Å². The summed E-state index contributed by atoms with van der Waals surface area (Å²) >= 11 is 1.96. The predicted octanol–water partition coefficient (Wildman–Crippen LogP) is 7.84. The smallest absolute Gasteiger partial charge is 0.0345 e. The number of aryl methyl sites for hydroxylation is 1. The van der Waals surface area contributed by atoms with E-state index < -0.39 is 0 Å². The van der Waals surface area contributed by atoms with Crippen LogP contribution in [0.15, 0.2) is 66.7 Å². The first-order valence-electron chi connectivity index (χ1n) is 9.35. The molecule has 0 saturated carbocycles. The monoisotopic (exact) mass is 344 g/mol. The van der Waals surface area contributed by atoms with E-state index in [-0.39, 0.29) is 0 Å². The lowest BCUT2D eigenvalue weighted by Gasteiger charge is -2.05. The van der Waals surface area contributed by atoms with Crippen LogP contribution < -0.4 is 0 Å². The van der Waals surface area contributed by atoms with E-state index >= 15 is 0 Å². The van der Waals surface area contributed by atoms with Crippen LogP contribution in [0, 0.1) is 0 Å². The molecular weight excluding hydrogens is 320 g/mol. The molecule has 0 radical (unpaired) electrons. The Morgan fingerprint density at radius 3 is 2.24 bits per heavy atom. The van der Waals surface area contributed by atoms with Crippen molar-refractivity contribution in [2.45, 2.75) is 39.0 Å². The number of thiophene rings is 1. The minimum atomic E-state index is 1.23. The second-order valence-electron chi connectivity index (χ2n) is 6.84. The summed E-state index contributed by atoms with van der Waals surface area (Å²) in [6.45, 7) is 2.27. The zero-order valence-corrected chi connectivity index (χ0v) is 15.6. The van der Waals surface area contributed by atoms with Crippen molar-refractivity contribution in [3.8, 4) is 10.4 Å². The molecule has 0 aliphatic carbocycles. The maximum absolute atomic E-state index is 2.34. The number of rotatable bonds is 6. The van der Waals surface area contributed by atoms with Crippen LogP contribution in [0.5, 0.6) is 0 Å². The third kappa shape index (κ3) is 3.62. The molecule has 1 heteroatoms. The third-order valence-electron chi connectivity index (χ3n) is 4.93. The molecule has 0 nitrogen and oxygen atoms in total. The van der Waals surface area contributed by atoms with Gasteiger partial charge in [0.25, 0.3) is 0 Å². The van der Waals surface area contributed by atoms with Gasteiger partial charge in [-0.3, -0.25) is 0 Å². The van der Waals surface area contributed by atoms with Gasteiger partial charge < -0.3 is 0 Å². The van der Waals surface area contributed by atoms with Crippen molar-refractivity contribution in [3.05, 3.63) is 71.6 Å². The lowest BCUT2D eigenvalue weighted by Crippen LogP contribution is -1.80. The van der Waals surface area contributed by atoms with Gasteiger partial charge in [-0.25, -0.2) is 0 Å². The fourth-order valence-electron chi connectivity index (χ4n) is 3.49. The topological polar surface area (TPSA) is 0 Å². The Morgan fingerprint density at radius 1 is 0.680 bits per heavy atom. The summed E-state index contributed by atoms with van der Waals surface area (Å²) in [5.74, 6) is 0. The molecule has 0 fully saturated rings. The maximum Gasteiger partial charge on any atom is 0.0345 e. The second-order valence-corrected chi connectivity index (χ2v) is 8.01. The molecule has 0 aliphatic rings. The highest BCUT2D eigenvalue weighted by Gasteiger charge is 2.05. The number of hydrogen-bond donors (Lipinski definition) is 0. The number of unbranched alkanes of at least 4 members (excludes halogenated alkanes) is 3. The molecule has 0 N–H and O–H groups in total. The number of benzene rings is 3. The van der Waals surface area contributed by atoms with Gasteiger partial charge in [-0.2, -0.15) is 0 Å². The van der Waals surface area contributed by atoms with Crippen molar-refractivity contribution in [1.29, 1.82) is 0 Å².